The van der Waals surface area contributed by atoms with Crippen LogP contribution in [0.25, 0.3) is 0 Å². The number of ether oxygens (including phenoxy) is 7. The molecule has 0 spiro atoms. The smallest absolute Gasteiger partial charge is 0.416 e. The zero-order valence-corrected chi connectivity index (χ0v) is 61.4. The molecule has 9 rings (SSSR count). The number of carbonyl (C=O) groups excluding carboxylic acids is 9. The van der Waals surface area contributed by atoms with Crippen molar-refractivity contribution in [2.24, 2.45) is 5.73 Å². The third kappa shape index (κ3) is 21.0. The normalized spacial score (nSPS) is 18.3. The Balaban J connectivity index is 0.776. The summed E-state index contributed by atoms with van der Waals surface area (Å²) in [5.74, 6) is -2.98. The molecule has 31 heteroatoms. The number of hydrogen-bond acceptors (Lipinski definition) is 21. The predicted molar refractivity (Wildman–Crippen MR) is 390 cm³/mol. The number of benzene rings is 4. The lowest BCUT2D eigenvalue weighted by molar-refractivity contribution is -0.137. The topological polar surface area (TPSA) is 392 Å². The molecule has 4 aromatic carbocycles. The van der Waals surface area contributed by atoms with E-state index in [1.54, 1.807) is 24.3 Å². The zero-order chi connectivity index (χ0) is 76.6. The van der Waals surface area contributed by atoms with Crippen LogP contribution < -0.4 is 56.2 Å². The molecule has 106 heavy (non-hydrogen) atoms. The van der Waals surface area contributed by atoms with Crippen molar-refractivity contribution in [3.05, 3.63) is 138 Å². The van der Waals surface area contributed by atoms with Crippen LogP contribution >= 0.6 is 0 Å². The first-order valence-corrected chi connectivity index (χ1v) is 36.8. The number of fused-ring (bicyclic) bond motifs is 4. The number of nitrogens with two attached hydrogens (primary N) is 1. The SMILES string of the molecule is C=C1CC2C(O)N(C(=O)OCc3ccc(NC(=O)C(CCCCN)NC(=O)C(Cc4ccccc4)NC(=O)CCOC(C)(C)COC(C)(C)CCNC(=O)CCN4C(=O)C=CC4=O)cc3)c3cc(OCCCCCOc4cc5c(cc4OC)C(=O)N4CC(=C)CC4C(S(=O)(=O)O)N5)c(OC)cc3C(=O)N2C1. The molecule has 0 aromatic heterocycles. The van der Waals surface area contributed by atoms with Crippen LogP contribution in [0.15, 0.2) is 115 Å². The number of imide groups is 1. The van der Waals surface area contributed by atoms with Gasteiger partial charge in [0.05, 0.1) is 92.9 Å². The van der Waals surface area contributed by atoms with Crippen LogP contribution in [-0.2, 0) is 66.1 Å². The number of nitrogens with one attached hydrogen (secondary N) is 5. The Labute approximate surface area is 616 Å². The standard InChI is InChI=1S/C75H96N10O20S/c1-46-35-57-69(106(96,97)98)81-54-40-61(59(99-7)38-51(54)70(92)83(57)42-46)101-32-15-10-16-33-102-62-41-56-52(39-60(62)100-8)71(93)84-43-47(2)36-58(84)72(94)85(56)73(95)103-44-49-20-22-50(23-21-49)78-67(90)53(19-13-14-29-76)80-68(91)55(37-48-17-11-9-12-18-48)79-64(87)27-34-104-75(5,6)45-105-74(3,4)28-30-77-63(86)26-31-82-65(88)24-25-66(82)89/h9,11-12,17-18,20-25,38-41,53,55,57-58,69,72,81,94H,1-2,10,13-16,19,26-37,42-45,76H2,3-8H3,(H,77,86)(H,78,90)(H,79,87)(H,80,91)(H,96,97,98). The first-order chi connectivity index (χ1) is 50.5. The summed E-state index contributed by atoms with van der Waals surface area (Å²) in [6.45, 7) is 16.3. The van der Waals surface area contributed by atoms with Crippen molar-refractivity contribution in [2.75, 3.05) is 88.9 Å². The minimum Gasteiger partial charge on any atom is -0.493 e. The fourth-order valence-electron chi connectivity index (χ4n) is 12.9. The van der Waals surface area contributed by atoms with E-state index >= 15 is 0 Å². The first kappa shape index (κ1) is 80.2. The molecule has 0 saturated carbocycles. The summed E-state index contributed by atoms with van der Waals surface area (Å²) >= 11 is 0. The second kappa shape index (κ2) is 35.9. The van der Waals surface area contributed by atoms with Gasteiger partial charge in [-0.2, -0.15) is 8.42 Å². The average molecular weight is 1490 g/mol. The highest BCUT2D eigenvalue weighted by molar-refractivity contribution is 7.86. The zero-order valence-electron chi connectivity index (χ0n) is 60.6. The molecular weight excluding hydrogens is 1390 g/mol. The Bertz CT molecular complexity index is 4060. The van der Waals surface area contributed by atoms with Gasteiger partial charge >= 0.3 is 6.09 Å². The molecule has 2 fully saturated rings. The van der Waals surface area contributed by atoms with E-state index in [4.69, 9.17) is 38.9 Å². The fourth-order valence-corrected chi connectivity index (χ4v) is 13.8. The van der Waals surface area contributed by atoms with E-state index in [1.165, 1.54) is 60.4 Å². The number of unbranched alkanes of at least 4 members (excludes halogenated alkanes) is 3. The average Bonchev–Trinajstić information content (AvgIpc) is 1.61. The van der Waals surface area contributed by atoms with Crippen molar-refractivity contribution in [2.45, 2.75) is 158 Å². The van der Waals surface area contributed by atoms with Crippen LogP contribution in [0.3, 0.4) is 0 Å². The van der Waals surface area contributed by atoms with Crippen molar-refractivity contribution in [3.63, 3.8) is 0 Å². The number of carbonyl (C=O) groups is 9. The summed E-state index contributed by atoms with van der Waals surface area (Å²) in [5, 5.41) is 24.8. The highest BCUT2D eigenvalue weighted by Crippen LogP contribution is 2.43. The molecule has 0 aliphatic carbocycles. The van der Waals surface area contributed by atoms with Crippen molar-refractivity contribution >= 4 is 80.5 Å². The lowest BCUT2D eigenvalue weighted by Crippen LogP contribution is -2.53. The number of methoxy groups -OCH3 is 2. The maximum Gasteiger partial charge on any atom is 0.416 e. The minimum atomic E-state index is -4.67. The molecule has 6 atom stereocenters. The van der Waals surface area contributed by atoms with Gasteiger partial charge in [-0.25, -0.2) is 9.69 Å². The first-order valence-electron chi connectivity index (χ1n) is 35.3. The van der Waals surface area contributed by atoms with E-state index in [2.05, 4.69) is 39.7 Å². The van der Waals surface area contributed by atoms with Gasteiger partial charge in [0.25, 0.3) is 33.7 Å². The Kier molecular flexibility index (Phi) is 27.2. The molecular formula is C75H96N10O20S. The lowest BCUT2D eigenvalue weighted by atomic mass is 10.0. The van der Waals surface area contributed by atoms with Gasteiger partial charge in [0, 0.05) is 69.0 Å². The number of rotatable bonds is 37. The van der Waals surface area contributed by atoms with Gasteiger partial charge < -0.3 is 80.4 Å². The molecule has 5 heterocycles. The third-order valence-electron chi connectivity index (χ3n) is 18.7. The van der Waals surface area contributed by atoms with E-state index in [1.807, 2.05) is 58.0 Å². The van der Waals surface area contributed by atoms with Crippen LogP contribution in [-0.4, -0.2) is 206 Å². The van der Waals surface area contributed by atoms with Gasteiger partial charge in [0.15, 0.2) is 34.6 Å². The summed E-state index contributed by atoms with van der Waals surface area (Å²) in [5.41, 5.74) is 7.53. The van der Waals surface area contributed by atoms with Gasteiger partial charge in [0.2, 0.25) is 23.6 Å². The second-order valence-electron chi connectivity index (χ2n) is 27.9. The minimum absolute atomic E-state index is 0.00488. The molecule has 0 bridgehead atoms. The Morgan fingerprint density at radius 1 is 0.689 bits per heavy atom. The number of hydrogen-bond donors (Lipinski definition) is 8. The Morgan fingerprint density at radius 2 is 1.31 bits per heavy atom. The van der Waals surface area contributed by atoms with E-state index in [0.717, 1.165) is 15.4 Å². The largest absolute Gasteiger partial charge is 0.493 e. The van der Waals surface area contributed by atoms with Crippen LogP contribution in [0, 0.1) is 0 Å². The van der Waals surface area contributed by atoms with E-state index in [-0.39, 0.29) is 149 Å². The Morgan fingerprint density at radius 3 is 1.95 bits per heavy atom. The predicted octanol–water partition coefficient (Wildman–Crippen LogP) is 6.07. The second-order valence-corrected chi connectivity index (χ2v) is 29.5. The van der Waals surface area contributed by atoms with Crippen molar-refractivity contribution < 1.29 is 94.4 Å². The van der Waals surface area contributed by atoms with Crippen molar-refractivity contribution in [1.82, 2.24) is 30.7 Å². The maximum atomic E-state index is 14.4. The van der Waals surface area contributed by atoms with Gasteiger partial charge in [0.1, 0.15) is 18.7 Å². The van der Waals surface area contributed by atoms with Gasteiger partial charge in [-0.3, -0.25) is 47.8 Å². The highest BCUT2D eigenvalue weighted by Gasteiger charge is 2.48. The van der Waals surface area contributed by atoms with Crippen LogP contribution in [0.2, 0.25) is 0 Å². The fraction of sp³-hybridized carbons (Fsp3) is 0.480. The summed E-state index contributed by atoms with van der Waals surface area (Å²) in [7, 11) is -1.85. The summed E-state index contributed by atoms with van der Waals surface area (Å²) in [6, 6.07) is 17.4. The van der Waals surface area contributed by atoms with Crippen LogP contribution in [0.5, 0.6) is 23.0 Å². The molecule has 2 saturated heterocycles. The molecule has 4 aromatic rings. The maximum absolute atomic E-state index is 14.4. The lowest BCUT2D eigenvalue weighted by Gasteiger charge is -2.32. The van der Waals surface area contributed by atoms with E-state index in [9.17, 15) is 61.2 Å². The number of aliphatic hydroxyl groups excluding tert-OH is 1. The quantitative estimate of drug-likeness (QED) is 0.0110. The summed E-state index contributed by atoms with van der Waals surface area (Å²) in [4.78, 5) is 125. The molecule has 30 nitrogen and oxygen atoms in total. The molecule has 6 unspecified atom stereocenters. The molecule has 9 amide bonds. The number of nitrogens with zero attached hydrogens (tertiary/aromatic N) is 4. The Hall–Kier alpha value is -9.92. The molecule has 0 radical (unpaired) electrons. The molecule has 572 valence electrons. The van der Waals surface area contributed by atoms with Gasteiger partial charge in [-0.05, 0) is 127 Å². The van der Waals surface area contributed by atoms with Gasteiger partial charge in [-0.1, -0.05) is 66.8 Å². The van der Waals surface area contributed by atoms with Crippen molar-refractivity contribution in [3.8, 4) is 23.0 Å². The summed E-state index contributed by atoms with van der Waals surface area (Å²) < 4.78 is 77.1. The number of aliphatic hydroxyl groups is 1. The molecule has 5 aliphatic rings. The van der Waals surface area contributed by atoms with Crippen LogP contribution in [0.4, 0.5) is 21.9 Å². The van der Waals surface area contributed by atoms with Crippen molar-refractivity contribution in [1.29, 1.82) is 0 Å². The monoisotopic (exact) mass is 1490 g/mol. The van der Waals surface area contributed by atoms with Crippen LogP contribution in [0.1, 0.15) is 130 Å². The molecule has 5 aliphatic heterocycles. The number of amides is 9. The number of anilines is 3. The third-order valence-corrected chi connectivity index (χ3v) is 19.8. The van der Waals surface area contributed by atoms with E-state index in [0.29, 0.717) is 67.5 Å². The highest BCUT2D eigenvalue weighted by atomic mass is 32.2. The summed E-state index contributed by atoms with van der Waals surface area (Å²) in [6.07, 6.45) is 3.33. The van der Waals surface area contributed by atoms with Gasteiger partial charge in [-0.15, -0.1) is 0 Å². The molecule has 9 N–H and O–H groups in total. The van der Waals surface area contributed by atoms with E-state index < -0.39 is 105 Å².